The fourth-order valence-corrected chi connectivity index (χ4v) is 2.13. The Balaban J connectivity index is 2.47. The second-order valence-corrected chi connectivity index (χ2v) is 4.76. The molecule has 1 aliphatic rings. The highest BCUT2D eigenvalue weighted by Gasteiger charge is 2.20. The van der Waals surface area contributed by atoms with Crippen molar-refractivity contribution in [3.05, 3.63) is 17.4 Å². The number of nitrogens with two attached hydrogens (primary N) is 1. The van der Waals surface area contributed by atoms with Crippen LogP contribution < -0.4 is 5.14 Å². The van der Waals surface area contributed by atoms with Gasteiger partial charge < -0.3 is 4.42 Å². The Labute approximate surface area is 76.8 Å². The molecule has 1 aliphatic carbocycles. The van der Waals surface area contributed by atoms with Gasteiger partial charge in [0.25, 0.3) is 10.0 Å². The van der Waals surface area contributed by atoms with E-state index in [1.807, 2.05) is 0 Å². The summed E-state index contributed by atoms with van der Waals surface area (Å²) in [5.74, 6) is 0.787. The first-order valence-electron chi connectivity index (χ1n) is 4.22. The lowest BCUT2D eigenvalue weighted by atomic mass is 9.99. The summed E-state index contributed by atoms with van der Waals surface area (Å²) in [4.78, 5) is 0. The van der Waals surface area contributed by atoms with E-state index in [2.05, 4.69) is 0 Å². The van der Waals surface area contributed by atoms with Gasteiger partial charge >= 0.3 is 0 Å². The Morgan fingerprint density at radius 1 is 1.31 bits per heavy atom. The summed E-state index contributed by atoms with van der Waals surface area (Å²) in [5, 5.41) is 4.85. The highest BCUT2D eigenvalue weighted by Crippen LogP contribution is 2.26. The standard InChI is InChI=1S/C8H11NO3S/c9-13(10,11)8-5-6-3-1-2-4-7(6)12-8/h5H,1-4H2,(H2,9,10,11). The van der Waals surface area contributed by atoms with Crippen molar-refractivity contribution in [3.8, 4) is 0 Å². The highest BCUT2D eigenvalue weighted by molar-refractivity contribution is 7.89. The fraction of sp³-hybridized carbons (Fsp3) is 0.500. The number of hydrogen-bond acceptors (Lipinski definition) is 3. The van der Waals surface area contributed by atoms with Crippen molar-refractivity contribution >= 4 is 10.0 Å². The zero-order chi connectivity index (χ0) is 9.47. The molecule has 0 saturated heterocycles. The van der Waals surface area contributed by atoms with E-state index in [0.717, 1.165) is 37.0 Å². The summed E-state index contributed by atoms with van der Waals surface area (Å²) in [6.45, 7) is 0. The quantitative estimate of drug-likeness (QED) is 0.730. The monoisotopic (exact) mass is 201 g/mol. The van der Waals surface area contributed by atoms with Crippen molar-refractivity contribution < 1.29 is 12.8 Å². The van der Waals surface area contributed by atoms with Crippen LogP contribution in [0, 0.1) is 0 Å². The molecule has 0 aromatic carbocycles. The Hall–Kier alpha value is -0.810. The maximum absolute atomic E-state index is 10.9. The molecular weight excluding hydrogens is 190 g/mol. The van der Waals surface area contributed by atoms with E-state index >= 15 is 0 Å². The van der Waals surface area contributed by atoms with Gasteiger partial charge in [0.2, 0.25) is 5.09 Å². The molecule has 0 unspecified atom stereocenters. The van der Waals surface area contributed by atoms with Crippen molar-refractivity contribution in [1.29, 1.82) is 0 Å². The van der Waals surface area contributed by atoms with Crippen LogP contribution in [0.4, 0.5) is 0 Å². The molecule has 1 heterocycles. The molecule has 4 nitrogen and oxygen atoms in total. The topological polar surface area (TPSA) is 73.3 Å². The molecule has 2 rings (SSSR count). The van der Waals surface area contributed by atoms with Gasteiger partial charge in [-0.25, -0.2) is 13.6 Å². The number of furan rings is 1. The largest absolute Gasteiger partial charge is 0.448 e. The first kappa shape index (κ1) is 8.77. The van der Waals surface area contributed by atoms with Crippen molar-refractivity contribution in [2.45, 2.75) is 30.8 Å². The third-order valence-electron chi connectivity index (χ3n) is 2.25. The number of rotatable bonds is 1. The molecule has 72 valence electrons. The maximum atomic E-state index is 10.9. The Morgan fingerprint density at radius 2 is 2.00 bits per heavy atom. The van der Waals surface area contributed by atoms with E-state index in [4.69, 9.17) is 9.56 Å². The normalized spacial score (nSPS) is 17.0. The molecule has 0 atom stereocenters. The van der Waals surface area contributed by atoms with E-state index in [-0.39, 0.29) is 5.09 Å². The summed E-state index contributed by atoms with van der Waals surface area (Å²) in [5.41, 5.74) is 0.996. The average molecular weight is 201 g/mol. The van der Waals surface area contributed by atoms with E-state index in [1.54, 1.807) is 6.07 Å². The molecule has 0 aliphatic heterocycles. The first-order valence-corrected chi connectivity index (χ1v) is 5.76. The van der Waals surface area contributed by atoms with Crippen LogP contribution >= 0.6 is 0 Å². The number of hydrogen-bond donors (Lipinski definition) is 1. The number of fused-ring (bicyclic) bond motifs is 1. The zero-order valence-electron chi connectivity index (χ0n) is 7.12. The van der Waals surface area contributed by atoms with Gasteiger partial charge in [-0.1, -0.05) is 0 Å². The van der Waals surface area contributed by atoms with Gasteiger partial charge in [-0.15, -0.1) is 0 Å². The molecule has 5 heteroatoms. The minimum Gasteiger partial charge on any atom is -0.448 e. The lowest BCUT2D eigenvalue weighted by Crippen LogP contribution is -2.10. The van der Waals surface area contributed by atoms with Gasteiger partial charge in [0.1, 0.15) is 5.76 Å². The summed E-state index contributed by atoms with van der Waals surface area (Å²) in [6, 6.07) is 1.55. The van der Waals surface area contributed by atoms with Gasteiger partial charge in [-0.05, 0) is 24.8 Å². The fourth-order valence-electron chi connectivity index (χ4n) is 1.60. The van der Waals surface area contributed by atoms with Crippen LogP contribution in [0.2, 0.25) is 0 Å². The lowest BCUT2D eigenvalue weighted by Gasteiger charge is -2.07. The van der Waals surface area contributed by atoms with Crippen molar-refractivity contribution in [1.82, 2.24) is 0 Å². The number of primary sulfonamides is 1. The smallest absolute Gasteiger partial charge is 0.271 e. The van der Waals surface area contributed by atoms with Gasteiger partial charge in [0, 0.05) is 12.5 Å². The first-order chi connectivity index (χ1) is 6.07. The van der Waals surface area contributed by atoms with Gasteiger partial charge in [-0.3, -0.25) is 0 Å². The Bertz CT molecular complexity index is 395. The van der Waals surface area contributed by atoms with Crippen LogP contribution in [0.25, 0.3) is 0 Å². The minimum absolute atomic E-state index is 0.0978. The second kappa shape index (κ2) is 2.85. The van der Waals surface area contributed by atoms with Gasteiger partial charge in [0.05, 0.1) is 0 Å². The maximum Gasteiger partial charge on any atom is 0.271 e. The van der Waals surface area contributed by atoms with Crippen molar-refractivity contribution in [3.63, 3.8) is 0 Å². The van der Waals surface area contributed by atoms with E-state index in [1.165, 1.54) is 0 Å². The summed E-state index contributed by atoms with van der Waals surface area (Å²) in [6.07, 6.45) is 3.88. The number of aryl methyl sites for hydroxylation is 2. The molecule has 2 N–H and O–H groups in total. The van der Waals surface area contributed by atoms with Gasteiger partial charge in [-0.2, -0.15) is 0 Å². The average Bonchev–Trinajstić information content (AvgIpc) is 2.45. The minimum atomic E-state index is -3.66. The predicted octanol–water partition coefficient (Wildman–Crippen LogP) is 0.806. The molecule has 0 radical (unpaired) electrons. The Morgan fingerprint density at radius 3 is 2.62 bits per heavy atom. The van der Waals surface area contributed by atoms with Crippen LogP contribution in [0.3, 0.4) is 0 Å². The molecule has 0 fully saturated rings. The third kappa shape index (κ3) is 1.62. The van der Waals surface area contributed by atoms with E-state index in [9.17, 15) is 8.42 Å². The predicted molar refractivity (Wildman–Crippen MR) is 46.7 cm³/mol. The van der Waals surface area contributed by atoms with Crippen LogP contribution in [0.5, 0.6) is 0 Å². The van der Waals surface area contributed by atoms with Crippen LogP contribution in [0.1, 0.15) is 24.2 Å². The molecule has 0 bridgehead atoms. The second-order valence-electron chi connectivity index (χ2n) is 3.27. The molecule has 1 aromatic heterocycles. The molecular formula is C8H11NO3S. The van der Waals surface area contributed by atoms with E-state index in [0.29, 0.717) is 0 Å². The zero-order valence-corrected chi connectivity index (χ0v) is 7.93. The van der Waals surface area contributed by atoms with Gasteiger partial charge in [0.15, 0.2) is 0 Å². The molecule has 0 amide bonds. The lowest BCUT2D eigenvalue weighted by molar-refractivity contribution is 0.401. The van der Waals surface area contributed by atoms with Crippen molar-refractivity contribution in [2.75, 3.05) is 0 Å². The summed E-state index contributed by atoms with van der Waals surface area (Å²) in [7, 11) is -3.66. The third-order valence-corrected chi connectivity index (χ3v) is 3.02. The van der Waals surface area contributed by atoms with Crippen molar-refractivity contribution in [2.24, 2.45) is 5.14 Å². The van der Waals surface area contributed by atoms with Crippen LogP contribution in [0.15, 0.2) is 15.6 Å². The Kier molecular flexibility index (Phi) is 1.92. The highest BCUT2D eigenvalue weighted by atomic mass is 32.2. The SMILES string of the molecule is NS(=O)(=O)c1cc2c(o1)CCCC2. The molecule has 1 aromatic rings. The van der Waals surface area contributed by atoms with Crippen LogP contribution in [-0.4, -0.2) is 8.42 Å². The number of sulfonamides is 1. The summed E-state index contributed by atoms with van der Waals surface area (Å²) < 4.78 is 27.0. The summed E-state index contributed by atoms with van der Waals surface area (Å²) >= 11 is 0. The van der Waals surface area contributed by atoms with E-state index < -0.39 is 10.0 Å². The molecule has 13 heavy (non-hydrogen) atoms. The van der Waals surface area contributed by atoms with Crippen LogP contribution in [-0.2, 0) is 22.9 Å². The molecule has 0 saturated carbocycles. The molecule has 0 spiro atoms.